The summed E-state index contributed by atoms with van der Waals surface area (Å²) in [5, 5.41) is 6.83. The van der Waals surface area contributed by atoms with Crippen molar-refractivity contribution in [3.05, 3.63) is 99.4 Å². The second kappa shape index (κ2) is 9.11. The molecule has 3 aromatic rings. The molecule has 0 aromatic heterocycles. The minimum Gasteiger partial charge on any atom is -0.497 e. The average Bonchev–Trinajstić information content (AvgIpc) is 3.56. The van der Waals surface area contributed by atoms with Crippen molar-refractivity contribution in [3.8, 4) is 5.75 Å². The van der Waals surface area contributed by atoms with Crippen LogP contribution in [-0.2, 0) is 15.6 Å². The largest absolute Gasteiger partial charge is 0.497 e. The summed E-state index contributed by atoms with van der Waals surface area (Å²) in [6.07, 6.45) is 2.16. The lowest BCUT2D eigenvalue weighted by Crippen LogP contribution is -2.56. The molecule has 0 bridgehead atoms. The summed E-state index contributed by atoms with van der Waals surface area (Å²) in [6, 6.07) is 19.6. The van der Waals surface area contributed by atoms with Crippen LogP contribution in [0.2, 0.25) is 0 Å². The highest BCUT2D eigenvalue weighted by Crippen LogP contribution is 2.58. The summed E-state index contributed by atoms with van der Waals surface area (Å²) >= 11 is 0. The Labute approximate surface area is 223 Å². The molecule has 10 heteroatoms. The molecule has 39 heavy (non-hydrogen) atoms. The van der Waals surface area contributed by atoms with Crippen molar-refractivity contribution in [2.75, 3.05) is 25.5 Å². The van der Waals surface area contributed by atoms with Gasteiger partial charge in [0.2, 0.25) is 5.91 Å². The lowest BCUT2D eigenvalue weighted by Gasteiger charge is -2.44. The van der Waals surface area contributed by atoms with E-state index in [1.807, 2.05) is 30.3 Å². The van der Waals surface area contributed by atoms with Gasteiger partial charge in [0.1, 0.15) is 5.75 Å². The Morgan fingerprint density at radius 1 is 0.974 bits per heavy atom. The maximum atomic E-state index is 14.3. The van der Waals surface area contributed by atoms with Gasteiger partial charge in [-0.25, -0.2) is 0 Å². The molecular formula is C29H24N6O4. The van der Waals surface area contributed by atoms with Gasteiger partial charge >= 0.3 is 0 Å². The van der Waals surface area contributed by atoms with Crippen molar-refractivity contribution in [3.63, 3.8) is 0 Å². The topological polar surface area (TPSA) is 137 Å². The fourth-order valence-electron chi connectivity index (χ4n) is 6.34. The lowest BCUT2D eigenvalue weighted by atomic mass is 9.55. The van der Waals surface area contributed by atoms with E-state index in [0.29, 0.717) is 33.8 Å². The van der Waals surface area contributed by atoms with Crippen LogP contribution >= 0.6 is 0 Å². The normalized spacial score (nSPS) is 22.3. The summed E-state index contributed by atoms with van der Waals surface area (Å²) in [5.74, 6) is -0.507. The Morgan fingerprint density at radius 2 is 1.69 bits per heavy atom. The Kier molecular flexibility index (Phi) is 5.70. The van der Waals surface area contributed by atoms with Crippen LogP contribution in [0.25, 0.3) is 10.4 Å². The minimum atomic E-state index is -1.30. The van der Waals surface area contributed by atoms with E-state index in [0.717, 1.165) is 5.56 Å². The third-order valence-corrected chi connectivity index (χ3v) is 8.15. The predicted octanol–water partition coefficient (Wildman–Crippen LogP) is 4.93. The fraction of sp³-hybridized carbons (Fsp3) is 0.241. The number of hydrogen-bond acceptors (Lipinski definition) is 6. The minimum absolute atomic E-state index is 0.00427. The average molecular weight is 521 g/mol. The quantitative estimate of drug-likeness (QED) is 0.195. The van der Waals surface area contributed by atoms with Crippen molar-refractivity contribution in [1.29, 1.82) is 0 Å². The molecular weight excluding hydrogens is 496 g/mol. The Bertz CT molecular complexity index is 1590. The van der Waals surface area contributed by atoms with Gasteiger partial charge in [0.15, 0.2) is 0 Å². The zero-order valence-corrected chi connectivity index (χ0v) is 21.1. The number of anilines is 1. The third-order valence-electron chi connectivity index (χ3n) is 8.15. The first-order valence-electron chi connectivity index (χ1n) is 12.6. The summed E-state index contributed by atoms with van der Waals surface area (Å²) in [6.45, 7) is 0.105. The highest BCUT2D eigenvalue weighted by atomic mass is 16.5. The molecule has 0 unspecified atom stereocenters. The summed E-state index contributed by atoms with van der Waals surface area (Å²) in [5.41, 5.74) is 10.2. The number of amides is 3. The highest BCUT2D eigenvalue weighted by molar-refractivity contribution is 6.21. The smallest absolute Gasteiger partial charge is 0.261 e. The molecule has 2 atom stereocenters. The van der Waals surface area contributed by atoms with Crippen molar-refractivity contribution >= 4 is 35.3 Å². The van der Waals surface area contributed by atoms with Gasteiger partial charge in [0.25, 0.3) is 11.8 Å². The van der Waals surface area contributed by atoms with Crippen LogP contribution in [0.1, 0.15) is 44.7 Å². The van der Waals surface area contributed by atoms with Crippen molar-refractivity contribution in [2.45, 2.75) is 23.7 Å². The second-order valence-corrected chi connectivity index (χ2v) is 9.78. The molecule has 0 aliphatic carbocycles. The van der Waals surface area contributed by atoms with Gasteiger partial charge in [0.05, 0.1) is 34.8 Å². The van der Waals surface area contributed by atoms with Crippen molar-refractivity contribution in [1.82, 2.24) is 4.90 Å². The van der Waals surface area contributed by atoms with E-state index in [-0.39, 0.29) is 31.8 Å². The first kappa shape index (κ1) is 24.4. The number of azide groups is 1. The van der Waals surface area contributed by atoms with E-state index in [9.17, 15) is 14.4 Å². The summed E-state index contributed by atoms with van der Waals surface area (Å²) in [4.78, 5) is 49.6. The van der Waals surface area contributed by atoms with Crippen LogP contribution in [-0.4, -0.2) is 49.0 Å². The van der Waals surface area contributed by atoms with Crippen molar-refractivity contribution < 1.29 is 19.1 Å². The number of hydrogen-bond donors (Lipinski definition) is 1. The number of carbonyl (C=O) groups excluding carboxylic acids is 3. The highest BCUT2D eigenvalue weighted by Gasteiger charge is 2.62. The number of nitrogens with one attached hydrogen (secondary N) is 1. The number of rotatable bonds is 8. The SMILES string of the molecule is COc1ccc2c(c1)[C@](CCN1C(=O)c3ccccc3C1=O)([C@@]1(CCN=[N+]=[N-])C=Nc3ccccc31)C(=O)N2. The number of benzene rings is 3. The zero-order valence-electron chi connectivity index (χ0n) is 21.1. The van der Waals surface area contributed by atoms with Crippen LogP contribution in [0.3, 0.4) is 0 Å². The number of fused-ring (bicyclic) bond motifs is 3. The van der Waals surface area contributed by atoms with E-state index in [2.05, 4.69) is 15.3 Å². The summed E-state index contributed by atoms with van der Waals surface area (Å²) < 4.78 is 5.53. The number of methoxy groups -OCH3 is 1. The molecule has 3 aliphatic rings. The van der Waals surface area contributed by atoms with Crippen LogP contribution in [0, 0.1) is 0 Å². The molecule has 3 aromatic carbocycles. The Morgan fingerprint density at radius 3 is 2.41 bits per heavy atom. The number of nitrogens with zero attached hydrogens (tertiary/aromatic N) is 5. The predicted molar refractivity (Wildman–Crippen MR) is 145 cm³/mol. The standard InChI is InChI=1S/C29H24N6O4/c1-39-18-10-11-24-22(16-18)29(27(38)33-24,13-15-35-25(36)19-6-2-3-7-20(19)26(35)37)28(12-14-32-34-30)17-31-23-9-5-4-8-21(23)28/h2-11,16-17H,12-15H2,1H3,(H,33,38)/t28-,29-/m0/s1. The lowest BCUT2D eigenvalue weighted by molar-refractivity contribution is -0.123. The molecule has 3 heterocycles. The number of imide groups is 1. The number of para-hydroxylation sites is 1. The molecule has 10 nitrogen and oxygen atoms in total. The van der Waals surface area contributed by atoms with E-state index in [4.69, 9.17) is 15.3 Å². The molecule has 3 amide bonds. The molecule has 3 aliphatic heterocycles. The van der Waals surface area contributed by atoms with Crippen LogP contribution < -0.4 is 10.1 Å². The van der Waals surface area contributed by atoms with Crippen LogP contribution in [0.4, 0.5) is 11.4 Å². The molecule has 0 saturated heterocycles. The van der Waals surface area contributed by atoms with Gasteiger partial charge in [-0.1, -0.05) is 35.4 Å². The zero-order chi connectivity index (χ0) is 27.2. The van der Waals surface area contributed by atoms with Crippen molar-refractivity contribution in [2.24, 2.45) is 10.1 Å². The van der Waals surface area contributed by atoms with Gasteiger partial charge in [-0.05, 0) is 65.9 Å². The first-order chi connectivity index (χ1) is 19.0. The molecule has 194 valence electrons. The number of aliphatic imine (C=N–C) groups is 1. The van der Waals surface area contributed by atoms with Gasteiger partial charge in [0, 0.05) is 29.9 Å². The maximum Gasteiger partial charge on any atom is 0.261 e. The Hall–Kier alpha value is -4.95. The second-order valence-electron chi connectivity index (χ2n) is 9.78. The fourth-order valence-corrected chi connectivity index (χ4v) is 6.34. The van der Waals surface area contributed by atoms with E-state index in [1.165, 1.54) is 4.90 Å². The van der Waals surface area contributed by atoms with E-state index >= 15 is 0 Å². The number of carbonyl (C=O) groups is 3. The molecule has 0 saturated carbocycles. The molecule has 0 fully saturated rings. The van der Waals surface area contributed by atoms with Gasteiger partial charge in [-0.3, -0.25) is 24.3 Å². The monoisotopic (exact) mass is 520 g/mol. The molecule has 0 radical (unpaired) electrons. The third kappa shape index (κ3) is 3.38. The number of ether oxygens (including phenoxy) is 1. The molecule has 0 spiro atoms. The molecule has 6 rings (SSSR count). The first-order valence-corrected chi connectivity index (χ1v) is 12.6. The van der Waals surface area contributed by atoms with E-state index in [1.54, 1.807) is 49.7 Å². The molecule has 1 N–H and O–H groups in total. The maximum absolute atomic E-state index is 14.3. The van der Waals surface area contributed by atoms with Gasteiger partial charge < -0.3 is 10.1 Å². The van der Waals surface area contributed by atoms with Crippen LogP contribution in [0.5, 0.6) is 5.75 Å². The van der Waals surface area contributed by atoms with Gasteiger partial charge in [-0.15, -0.1) is 0 Å². The van der Waals surface area contributed by atoms with E-state index < -0.39 is 22.6 Å². The van der Waals surface area contributed by atoms with Crippen LogP contribution in [0.15, 0.2) is 76.8 Å². The summed E-state index contributed by atoms with van der Waals surface area (Å²) in [7, 11) is 1.55. The Balaban J connectivity index is 1.53. The van der Waals surface area contributed by atoms with Gasteiger partial charge in [-0.2, -0.15) is 0 Å².